The van der Waals surface area contributed by atoms with Crippen LogP contribution in [0.1, 0.15) is 70.9 Å². The molecule has 0 radical (unpaired) electrons. The Bertz CT molecular complexity index is 1070. The van der Waals surface area contributed by atoms with Crippen LogP contribution in [0.3, 0.4) is 0 Å². The van der Waals surface area contributed by atoms with Gasteiger partial charge in [0, 0.05) is 31.1 Å². The SMILES string of the molecule is CC(C)N[C@@H](CC(C)(C)C)C(=O)N1CC2CCC(NC(=O)C(c3ccc(F)cc3)c3ccc(F)cc3)C2C1. The summed E-state index contributed by atoms with van der Waals surface area (Å²) in [6, 6.07) is 11.7. The maximum atomic E-state index is 13.7. The lowest BCUT2D eigenvalue weighted by molar-refractivity contribution is -0.133. The van der Waals surface area contributed by atoms with Crippen LogP contribution < -0.4 is 10.6 Å². The number of halogens is 2. The van der Waals surface area contributed by atoms with E-state index in [1.165, 1.54) is 24.3 Å². The third kappa shape index (κ3) is 6.79. The molecule has 1 aliphatic carbocycles. The second kappa shape index (κ2) is 11.5. The molecule has 2 aromatic rings. The summed E-state index contributed by atoms with van der Waals surface area (Å²) in [5.41, 5.74) is 1.32. The second-order valence-electron chi connectivity index (χ2n) is 12.5. The summed E-state index contributed by atoms with van der Waals surface area (Å²) in [6.45, 7) is 11.9. The highest BCUT2D eigenvalue weighted by atomic mass is 19.1. The summed E-state index contributed by atoms with van der Waals surface area (Å²) in [4.78, 5) is 29.2. The number of hydrogen-bond donors (Lipinski definition) is 2. The molecule has 2 aliphatic rings. The molecule has 2 amide bonds. The van der Waals surface area contributed by atoms with Crippen molar-refractivity contribution in [3.63, 3.8) is 0 Å². The lowest BCUT2D eigenvalue weighted by Gasteiger charge is -2.31. The highest BCUT2D eigenvalue weighted by molar-refractivity contribution is 5.87. The van der Waals surface area contributed by atoms with Crippen molar-refractivity contribution in [2.75, 3.05) is 13.1 Å². The molecule has 1 saturated carbocycles. The molecule has 38 heavy (non-hydrogen) atoms. The molecule has 7 heteroatoms. The number of hydrogen-bond acceptors (Lipinski definition) is 3. The van der Waals surface area contributed by atoms with Crippen LogP contribution in [0.15, 0.2) is 48.5 Å². The molecule has 3 unspecified atom stereocenters. The van der Waals surface area contributed by atoms with Gasteiger partial charge in [0.25, 0.3) is 0 Å². The summed E-state index contributed by atoms with van der Waals surface area (Å²) in [5, 5.41) is 6.72. The first kappa shape index (κ1) is 28.2. The molecule has 1 heterocycles. The van der Waals surface area contributed by atoms with Crippen LogP contribution in [0.25, 0.3) is 0 Å². The van der Waals surface area contributed by atoms with Gasteiger partial charge < -0.3 is 15.5 Å². The average Bonchev–Trinajstić information content (AvgIpc) is 3.41. The number of nitrogens with one attached hydrogen (secondary N) is 2. The molecule has 0 bridgehead atoms. The van der Waals surface area contributed by atoms with E-state index in [0.717, 1.165) is 25.8 Å². The normalized spacial score (nSPS) is 22.1. The first-order valence-electron chi connectivity index (χ1n) is 13.8. The summed E-state index contributed by atoms with van der Waals surface area (Å²) in [7, 11) is 0. The van der Waals surface area contributed by atoms with E-state index in [2.05, 4.69) is 45.3 Å². The van der Waals surface area contributed by atoms with E-state index in [1.807, 2.05) is 4.90 Å². The van der Waals surface area contributed by atoms with Crippen molar-refractivity contribution in [3.05, 3.63) is 71.3 Å². The standard InChI is InChI=1S/C31H41F2N3O2/c1-19(2)34-27(16-31(3,4)5)30(38)36-17-22-10-15-26(25(22)18-36)35-29(37)28(20-6-11-23(32)12-7-20)21-8-13-24(33)14-9-21/h6-9,11-14,19,22,25-28,34H,10,15-18H2,1-5H3,(H,35,37)/t22?,25?,26?,27-/m0/s1. The Kier molecular flexibility index (Phi) is 8.55. The molecular weight excluding hydrogens is 484 g/mol. The fourth-order valence-electron chi connectivity index (χ4n) is 6.15. The molecule has 5 nitrogen and oxygen atoms in total. The zero-order chi connectivity index (χ0) is 27.6. The zero-order valence-corrected chi connectivity index (χ0v) is 23.1. The monoisotopic (exact) mass is 525 g/mol. The molecular formula is C31H41F2N3O2. The fourth-order valence-corrected chi connectivity index (χ4v) is 6.15. The Labute approximate surface area is 225 Å². The van der Waals surface area contributed by atoms with Crippen molar-refractivity contribution in [1.82, 2.24) is 15.5 Å². The Morgan fingerprint density at radius 1 is 0.921 bits per heavy atom. The van der Waals surface area contributed by atoms with Crippen LogP contribution in [0, 0.1) is 28.9 Å². The third-order valence-corrected chi connectivity index (χ3v) is 7.81. The predicted molar refractivity (Wildman–Crippen MR) is 145 cm³/mol. The van der Waals surface area contributed by atoms with Gasteiger partial charge in [-0.25, -0.2) is 8.78 Å². The maximum Gasteiger partial charge on any atom is 0.239 e. The van der Waals surface area contributed by atoms with Gasteiger partial charge in [-0.15, -0.1) is 0 Å². The molecule has 206 valence electrons. The summed E-state index contributed by atoms with van der Waals surface area (Å²) in [5.74, 6) is -0.931. The minimum atomic E-state index is -0.680. The molecule has 4 atom stereocenters. The van der Waals surface area contributed by atoms with E-state index in [-0.39, 0.29) is 52.9 Å². The van der Waals surface area contributed by atoms with E-state index in [0.29, 0.717) is 23.6 Å². The number of carbonyl (C=O) groups is 2. The van der Waals surface area contributed by atoms with E-state index in [4.69, 9.17) is 0 Å². The first-order chi connectivity index (χ1) is 17.9. The molecule has 2 N–H and O–H groups in total. The topological polar surface area (TPSA) is 61.4 Å². The van der Waals surface area contributed by atoms with Crippen LogP contribution >= 0.6 is 0 Å². The van der Waals surface area contributed by atoms with Crippen molar-refractivity contribution in [2.24, 2.45) is 17.3 Å². The molecule has 1 saturated heterocycles. The molecule has 2 fully saturated rings. The van der Waals surface area contributed by atoms with E-state index in [9.17, 15) is 18.4 Å². The number of nitrogens with zero attached hydrogens (tertiary/aromatic N) is 1. The van der Waals surface area contributed by atoms with Gasteiger partial charge in [-0.05, 0) is 66.0 Å². The van der Waals surface area contributed by atoms with Crippen molar-refractivity contribution in [3.8, 4) is 0 Å². The lowest BCUT2D eigenvalue weighted by Crippen LogP contribution is -2.50. The summed E-state index contributed by atoms with van der Waals surface area (Å²) < 4.78 is 27.2. The predicted octanol–water partition coefficient (Wildman–Crippen LogP) is 5.25. The number of rotatable bonds is 8. The highest BCUT2D eigenvalue weighted by Crippen LogP contribution is 2.39. The van der Waals surface area contributed by atoms with Crippen LogP contribution in [0.5, 0.6) is 0 Å². The molecule has 2 aromatic carbocycles. The summed E-state index contributed by atoms with van der Waals surface area (Å²) >= 11 is 0. The smallest absolute Gasteiger partial charge is 0.239 e. The third-order valence-electron chi connectivity index (χ3n) is 7.81. The maximum absolute atomic E-state index is 13.7. The highest BCUT2D eigenvalue weighted by Gasteiger charge is 2.46. The largest absolute Gasteiger partial charge is 0.352 e. The second-order valence-corrected chi connectivity index (χ2v) is 12.5. The van der Waals surface area contributed by atoms with Crippen molar-refractivity contribution < 1.29 is 18.4 Å². The van der Waals surface area contributed by atoms with Gasteiger partial charge in [0.05, 0.1) is 12.0 Å². The fraction of sp³-hybridized carbons (Fsp3) is 0.548. The van der Waals surface area contributed by atoms with E-state index < -0.39 is 5.92 Å². The van der Waals surface area contributed by atoms with Crippen LogP contribution in [0.4, 0.5) is 8.78 Å². The van der Waals surface area contributed by atoms with Crippen molar-refractivity contribution >= 4 is 11.8 Å². The van der Waals surface area contributed by atoms with Crippen LogP contribution in [-0.2, 0) is 9.59 Å². The summed E-state index contributed by atoms with van der Waals surface area (Å²) in [6.07, 6.45) is 2.57. The number of carbonyl (C=O) groups excluding carboxylic acids is 2. The Morgan fingerprint density at radius 3 is 1.97 bits per heavy atom. The Morgan fingerprint density at radius 2 is 1.47 bits per heavy atom. The lowest BCUT2D eigenvalue weighted by atomic mass is 9.87. The average molecular weight is 526 g/mol. The minimum Gasteiger partial charge on any atom is -0.352 e. The molecule has 0 spiro atoms. The molecule has 1 aliphatic heterocycles. The van der Waals surface area contributed by atoms with Crippen LogP contribution in [-0.4, -0.2) is 47.9 Å². The van der Waals surface area contributed by atoms with E-state index in [1.54, 1.807) is 24.3 Å². The molecule has 0 aromatic heterocycles. The van der Waals surface area contributed by atoms with E-state index >= 15 is 0 Å². The van der Waals surface area contributed by atoms with Gasteiger partial charge in [-0.3, -0.25) is 9.59 Å². The van der Waals surface area contributed by atoms with Crippen molar-refractivity contribution in [1.29, 1.82) is 0 Å². The molecule has 4 rings (SSSR count). The van der Waals surface area contributed by atoms with Gasteiger partial charge >= 0.3 is 0 Å². The minimum absolute atomic E-state index is 0.0179. The van der Waals surface area contributed by atoms with Gasteiger partial charge in [0.1, 0.15) is 11.6 Å². The zero-order valence-electron chi connectivity index (χ0n) is 23.1. The number of benzene rings is 2. The van der Waals surface area contributed by atoms with Crippen LogP contribution in [0.2, 0.25) is 0 Å². The number of likely N-dealkylation sites (tertiary alicyclic amines) is 1. The van der Waals surface area contributed by atoms with Gasteiger partial charge in [-0.2, -0.15) is 0 Å². The van der Waals surface area contributed by atoms with Crippen molar-refractivity contribution in [2.45, 2.75) is 77.9 Å². The number of fused-ring (bicyclic) bond motifs is 1. The first-order valence-corrected chi connectivity index (χ1v) is 13.8. The quantitative estimate of drug-likeness (QED) is 0.495. The van der Waals surface area contributed by atoms with Gasteiger partial charge in [-0.1, -0.05) is 58.9 Å². The Balaban J connectivity index is 1.48. The van der Waals surface area contributed by atoms with Gasteiger partial charge in [0.2, 0.25) is 11.8 Å². The van der Waals surface area contributed by atoms with Gasteiger partial charge in [0.15, 0.2) is 0 Å². The number of amides is 2. The Hall–Kier alpha value is -2.80.